The zero-order chi connectivity index (χ0) is 18.4. The van der Waals surface area contributed by atoms with Gasteiger partial charge in [0.05, 0.1) is 13.2 Å². The molecule has 0 aliphatic rings. The van der Waals surface area contributed by atoms with Crippen molar-refractivity contribution in [1.29, 1.82) is 0 Å². The predicted molar refractivity (Wildman–Crippen MR) is 101 cm³/mol. The molecule has 134 valence electrons. The molecule has 0 aliphatic heterocycles. The van der Waals surface area contributed by atoms with E-state index in [1.54, 1.807) is 7.11 Å². The number of carbonyl (C=O) groups is 1. The second-order valence-corrected chi connectivity index (χ2v) is 6.56. The molecule has 25 heavy (non-hydrogen) atoms. The number of rotatable bonds is 7. The van der Waals surface area contributed by atoms with Crippen LogP contribution >= 0.6 is 0 Å². The van der Waals surface area contributed by atoms with Gasteiger partial charge < -0.3 is 14.8 Å². The fraction of sp³-hybridized carbons (Fsp3) is 0.381. The van der Waals surface area contributed by atoms with Crippen molar-refractivity contribution < 1.29 is 14.3 Å². The molecule has 2 aromatic carbocycles. The third kappa shape index (κ3) is 4.99. The SMILES string of the molecule is COc1cc(C)c(C(=O)NC(C)COc2ccccc2)cc1C(C)C. The van der Waals surface area contributed by atoms with Crippen molar-refractivity contribution in [3.63, 3.8) is 0 Å². The molecule has 0 fully saturated rings. The first-order valence-electron chi connectivity index (χ1n) is 8.59. The molecule has 0 aliphatic carbocycles. The smallest absolute Gasteiger partial charge is 0.251 e. The van der Waals surface area contributed by atoms with Crippen LogP contribution < -0.4 is 14.8 Å². The summed E-state index contributed by atoms with van der Waals surface area (Å²) in [7, 11) is 1.66. The molecule has 1 amide bonds. The zero-order valence-corrected chi connectivity index (χ0v) is 15.6. The molecule has 1 unspecified atom stereocenters. The highest BCUT2D eigenvalue weighted by atomic mass is 16.5. The van der Waals surface area contributed by atoms with Crippen molar-refractivity contribution >= 4 is 5.91 Å². The monoisotopic (exact) mass is 341 g/mol. The minimum Gasteiger partial charge on any atom is -0.496 e. The van der Waals surface area contributed by atoms with Gasteiger partial charge in [-0.25, -0.2) is 0 Å². The Bertz CT molecular complexity index is 711. The van der Waals surface area contributed by atoms with E-state index in [1.165, 1.54) is 0 Å². The van der Waals surface area contributed by atoms with E-state index in [4.69, 9.17) is 9.47 Å². The summed E-state index contributed by atoms with van der Waals surface area (Å²) in [6, 6.07) is 13.3. The molecule has 4 nitrogen and oxygen atoms in total. The van der Waals surface area contributed by atoms with E-state index < -0.39 is 0 Å². The maximum atomic E-state index is 12.7. The molecule has 0 bridgehead atoms. The molecular formula is C21H27NO3. The standard InChI is InChI=1S/C21H27NO3/c1-14(2)18-12-19(15(3)11-20(18)24-5)21(23)22-16(4)13-25-17-9-7-6-8-10-17/h6-12,14,16H,13H2,1-5H3,(H,22,23). The van der Waals surface area contributed by atoms with Gasteiger partial charge in [0, 0.05) is 5.56 Å². The van der Waals surface area contributed by atoms with E-state index in [0.29, 0.717) is 12.2 Å². The lowest BCUT2D eigenvalue weighted by molar-refractivity contribution is 0.0926. The summed E-state index contributed by atoms with van der Waals surface area (Å²) in [5, 5.41) is 3.01. The van der Waals surface area contributed by atoms with Crippen molar-refractivity contribution in [2.45, 2.75) is 39.7 Å². The second-order valence-electron chi connectivity index (χ2n) is 6.56. The van der Waals surface area contributed by atoms with Gasteiger partial charge in [-0.2, -0.15) is 0 Å². The Hall–Kier alpha value is -2.49. The molecule has 0 heterocycles. The minimum absolute atomic E-state index is 0.0915. The van der Waals surface area contributed by atoms with Crippen LogP contribution in [0.25, 0.3) is 0 Å². The maximum absolute atomic E-state index is 12.7. The molecule has 0 radical (unpaired) electrons. The summed E-state index contributed by atoms with van der Waals surface area (Å²) in [6.07, 6.45) is 0. The van der Waals surface area contributed by atoms with Crippen LogP contribution in [0.3, 0.4) is 0 Å². The van der Waals surface area contributed by atoms with Crippen molar-refractivity contribution in [2.75, 3.05) is 13.7 Å². The average Bonchev–Trinajstić information content (AvgIpc) is 2.60. The van der Waals surface area contributed by atoms with Gasteiger partial charge in [-0.05, 0) is 55.2 Å². The fourth-order valence-corrected chi connectivity index (χ4v) is 2.65. The Balaban J connectivity index is 2.05. The van der Waals surface area contributed by atoms with E-state index in [2.05, 4.69) is 19.2 Å². The van der Waals surface area contributed by atoms with Crippen molar-refractivity contribution in [3.05, 3.63) is 59.2 Å². The lowest BCUT2D eigenvalue weighted by Crippen LogP contribution is -2.37. The normalized spacial score (nSPS) is 11.9. The molecule has 2 rings (SSSR count). The van der Waals surface area contributed by atoms with Crippen LogP contribution in [0.1, 0.15) is 48.2 Å². The second kappa shape index (κ2) is 8.56. The molecule has 1 N–H and O–H groups in total. The number of amides is 1. The summed E-state index contributed by atoms with van der Waals surface area (Å²) in [6.45, 7) is 8.45. The molecule has 0 spiro atoms. The zero-order valence-electron chi connectivity index (χ0n) is 15.6. The summed E-state index contributed by atoms with van der Waals surface area (Å²) >= 11 is 0. The molecule has 1 atom stereocenters. The van der Waals surface area contributed by atoms with Gasteiger partial charge in [-0.3, -0.25) is 4.79 Å². The van der Waals surface area contributed by atoms with Gasteiger partial charge in [-0.15, -0.1) is 0 Å². The third-order valence-corrected chi connectivity index (χ3v) is 4.06. The van der Waals surface area contributed by atoms with E-state index in [9.17, 15) is 4.79 Å². The van der Waals surface area contributed by atoms with Crippen LogP contribution in [0, 0.1) is 6.92 Å². The molecule has 0 saturated heterocycles. The van der Waals surface area contributed by atoms with Crippen LogP contribution in [0.4, 0.5) is 0 Å². The lowest BCUT2D eigenvalue weighted by atomic mass is 9.96. The number of ether oxygens (including phenoxy) is 2. The Morgan fingerprint density at radius 2 is 1.80 bits per heavy atom. The van der Waals surface area contributed by atoms with Gasteiger partial charge in [0.15, 0.2) is 0 Å². The van der Waals surface area contributed by atoms with E-state index >= 15 is 0 Å². The van der Waals surface area contributed by atoms with Crippen LogP contribution in [0.5, 0.6) is 11.5 Å². The van der Waals surface area contributed by atoms with E-state index in [1.807, 2.05) is 56.3 Å². The van der Waals surface area contributed by atoms with E-state index in [-0.39, 0.29) is 17.9 Å². The number of hydrogen-bond donors (Lipinski definition) is 1. The first-order chi connectivity index (χ1) is 11.9. The van der Waals surface area contributed by atoms with Gasteiger partial charge in [0.2, 0.25) is 0 Å². The predicted octanol–water partition coefficient (Wildman–Crippen LogP) is 4.32. The molecule has 0 aromatic heterocycles. The quantitative estimate of drug-likeness (QED) is 0.816. The molecule has 2 aromatic rings. The van der Waals surface area contributed by atoms with Crippen molar-refractivity contribution in [2.24, 2.45) is 0 Å². The minimum atomic E-state index is -0.100. The highest BCUT2D eigenvalue weighted by Gasteiger charge is 2.17. The number of nitrogens with one attached hydrogen (secondary N) is 1. The van der Waals surface area contributed by atoms with Crippen molar-refractivity contribution in [1.82, 2.24) is 5.32 Å². The lowest BCUT2D eigenvalue weighted by Gasteiger charge is -2.18. The van der Waals surface area contributed by atoms with Gasteiger partial charge in [-0.1, -0.05) is 32.0 Å². The maximum Gasteiger partial charge on any atom is 0.251 e. The number of hydrogen-bond acceptors (Lipinski definition) is 3. The number of aryl methyl sites for hydroxylation is 1. The Morgan fingerprint density at radius 3 is 2.40 bits per heavy atom. The third-order valence-electron chi connectivity index (χ3n) is 4.06. The van der Waals surface area contributed by atoms with E-state index in [0.717, 1.165) is 22.6 Å². The number of para-hydroxylation sites is 1. The van der Waals surface area contributed by atoms with Crippen molar-refractivity contribution in [3.8, 4) is 11.5 Å². The summed E-state index contributed by atoms with van der Waals surface area (Å²) in [4.78, 5) is 12.7. The summed E-state index contributed by atoms with van der Waals surface area (Å²) in [5.41, 5.74) is 2.61. The number of methoxy groups -OCH3 is 1. The average molecular weight is 341 g/mol. The van der Waals surface area contributed by atoms with Crippen LogP contribution in [-0.2, 0) is 0 Å². The fourth-order valence-electron chi connectivity index (χ4n) is 2.65. The van der Waals surface area contributed by atoms with Gasteiger partial charge in [0.25, 0.3) is 5.91 Å². The van der Waals surface area contributed by atoms with Crippen LogP contribution in [0.15, 0.2) is 42.5 Å². The Kier molecular flexibility index (Phi) is 6.45. The highest BCUT2D eigenvalue weighted by Crippen LogP contribution is 2.29. The molecular weight excluding hydrogens is 314 g/mol. The Morgan fingerprint density at radius 1 is 1.12 bits per heavy atom. The highest BCUT2D eigenvalue weighted by molar-refractivity contribution is 5.96. The van der Waals surface area contributed by atoms with Gasteiger partial charge >= 0.3 is 0 Å². The number of benzene rings is 2. The Labute approximate surface area is 150 Å². The van der Waals surface area contributed by atoms with Crippen LogP contribution in [-0.4, -0.2) is 25.7 Å². The molecule has 4 heteroatoms. The van der Waals surface area contributed by atoms with Crippen LogP contribution in [0.2, 0.25) is 0 Å². The van der Waals surface area contributed by atoms with Gasteiger partial charge in [0.1, 0.15) is 18.1 Å². The summed E-state index contributed by atoms with van der Waals surface area (Å²) < 4.78 is 11.1. The number of carbonyl (C=O) groups excluding carboxylic acids is 1. The largest absolute Gasteiger partial charge is 0.496 e. The first-order valence-corrected chi connectivity index (χ1v) is 8.59. The topological polar surface area (TPSA) is 47.6 Å². The molecule has 0 saturated carbocycles. The first kappa shape index (κ1) is 18.8. The summed E-state index contributed by atoms with van der Waals surface area (Å²) in [5.74, 6) is 1.81.